The Morgan fingerprint density at radius 1 is 1.24 bits per heavy atom. The van der Waals surface area contributed by atoms with Crippen molar-refractivity contribution in [2.45, 2.75) is 33.4 Å². The minimum Gasteiger partial charge on any atom is -0.381 e. The first kappa shape index (κ1) is 11.8. The fourth-order valence-corrected chi connectivity index (χ4v) is 1.95. The van der Waals surface area contributed by atoms with Crippen LogP contribution in [0.5, 0.6) is 0 Å². The standard InChI is InChI=1S/C15H20N2/c1-3-8-17-9-7-14(12-17)11-16-15-6-4-5-13(2)10-15/h4-7,9-10,12,16H,3,8,11H2,1-2H3. The molecule has 1 N–H and O–H groups in total. The highest BCUT2D eigenvalue weighted by atomic mass is 14.9. The van der Waals surface area contributed by atoms with Gasteiger partial charge in [0.25, 0.3) is 0 Å². The lowest BCUT2D eigenvalue weighted by atomic mass is 10.2. The molecule has 2 heteroatoms. The van der Waals surface area contributed by atoms with Gasteiger partial charge in [-0.25, -0.2) is 0 Å². The van der Waals surface area contributed by atoms with Crippen LogP contribution < -0.4 is 5.32 Å². The van der Waals surface area contributed by atoms with Gasteiger partial charge >= 0.3 is 0 Å². The zero-order valence-electron chi connectivity index (χ0n) is 10.6. The van der Waals surface area contributed by atoms with Crippen LogP contribution in [0.4, 0.5) is 5.69 Å². The van der Waals surface area contributed by atoms with E-state index in [4.69, 9.17) is 0 Å². The van der Waals surface area contributed by atoms with E-state index in [1.807, 2.05) is 0 Å². The van der Waals surface area contributed by atoms with Crippen LogP contribution in [0, 0.1) is 6.92 Å². The predicted octanol–water partition coefficient (Wildman–Crippen LogP) is 3.82. The maximum absolute atomic E-state index is 3.44. The van der Waals surface area contributed by atoms with E-state index in [9.17, 15) is 0 Å². The van der Waals surface area contributed by atoms with E-state index >= 15 is 0 Å². The van der Waals surface area contributed by atoms with Crippen molar-refractivity contribution < 1.29 is 0 Å². The Balaban J connectivity index is 1.93. The Bertz CT molecular complexity index is 471. The molecule has 0 aliphatic rings. The predicted molar refractivity (Wildman–Crippen MR) is 73.2 cm³/mol. The Kier molecular flexibility index (Phi) is 3.86. The SMILES string of the molecule is CCCn1ccc(CNc2cccc(C)c2)c1. The molecule has 17 heavy (non-hydrogen) atoms. The second-order valence-corrected chi connectivity index (χ2v) is 4.48. The van der Waals surface area contributed by atoms with Crippen molar-refractivity contribution in [1.82, 2.24) is 4.57 Å². The van der Waals surface area contributed by atoms with Gasteiger partial charge in [0, 0.05) is 31.2 Å². The van der Waals surface area contributed by atoms with Crippen molar-refractivity contribution in [3.05, 3.63) is 53.9 Å². The third kappa shape index (κ3) is 3.38. The van der Waals surface area contributed by atoms with E-state index < -0.39 is 0 Å². The van der Waals surface area contributed by atoms with Gasteiger partial charge in [0.1, 0.15) is 0 Å². The topological polar surface area (TPSA) is 17.0 Å². The summed E-state index contributed by atoms with van der Waals surface area (Å²) in [5, 5.41) is 3.44. The molecular formula is C15H20N2. The Morgan fingerprint density at radius 2 is 2.12 bits per heavy atom. The monoisotopic (exact) mass is 228 g/mol. The first-order valence-electron chi connectivity index (χ1n) is 6.23. The number of nitrogens with zero attached hydrogens (tertiary/aromatic N) is 1. The number of rotatable bonds is 5. The maximum Gasteiger partial charge on any atom is 0.0415 e. The molecule has 2 rings (SSSR count). The lowest BCUT2D eigenvalue weighted by Crippen LogP contribution is -1.99. The molecule has 1 heterocycles. The van der Waals surface area contributed by atoms with Crippen molar-refractivity contribution >= 4 is 5.69 Å². The molecule has 0 unspecified atom stereocenters. The summed E-state index contributed by atoms with van der Waals surface area (Å²) in [6.45, 7) is 6.30. The largest absolute Gasteiger partial charge is 0.381 e. The van der Waals surface area contributed by atoms with Crippen molar-refractivity contribution in [3.63, 3.8) is 0 Å². The average molecular weight is 228 g/mol. The van der Waals surface area contributed by atoms with Crippen LogP contribution in [-0.4, -0.2) is 4.57 Å². The zero-order valence-corrected chi connectivity index (χ0v) is 10.6. The van der Waals surface area contributed by atoms with Gasteiger partial charge in [0.15, 0.2) is 0 Å². The summed E-state index contributed by atoms with van der Waals surface area (Å²) in [7, 11) is 0. The third-order valence-corrected chi connectivity index (χ3v) is 2.81. The van der Waals surface area contributed by atoms with Gasteiger partial charge in [0.2, 0.25) is 0 Å². The van der Waals surface area contributed by atoms with Gasteiger partial charge < -0.3 is 9.88 Å². The van der Waals surface area contributed by atoms with Gasteiger partial charge in [-0.05, 0) is 42.7 Å². The average Bonchev–Trinajstić information content (AvgIpc) is 2.75. The van der Waals surface area contributed by atoms with Crippen LogP contribution in [-0.2, 0) is 13.1 Å². The normalized spacial score (nSPS) is 10.5. The second kappa shape index (κ2) is 5.58. The fraction of sp³-hybridized carbons (Fsp3) is 0.333. The number of benzene rings is 1. The minimum absolute atomic E-state index is 0.889. The van der Waals surface area contributed by atoms with E-state index in [-0.39, 0.29) is 0 Å². The molecule has 2 aromatic rings. The molecule has 0 spiro atoms. The highest BCUT2D eigenvalue weighted by Gasteiger charge is 1.97. The molecule has 0 bridgehead atoms. The van der Waals surface area contributed by atoms with Crippen LogP contribution in [0.15, 0.2) is 42.7 Å². The van der Waals surface area contributed by atoms with Crippen LogP contribution in [0.1, 0.15) is 24.5 Å². The molecule has 0 saturated heterocycles. The van der Waals surface area contributed by atoms with Crippen LogP contribution in [0.3, 0.4) is 0 Å². The van der Waals surface area contributed by atoms with Gasteiger partial charge in [-0.1, -0.05) is 19.1 Å². The lowest BCUT2D eigenvalue weighted by molar-refractivity contribution is 0.682. The summed E-state index contributed by atoms with van der Waals surface area (Å²) in [5.41, 5.74) is 3.81. The fourth-order valence-electron chi connectivity index (χ4n) is 1.95. The zero-order chi connectivity index (χ0) is 12.1. The third-order valence-electron chi connectivity index (χ3n) is 2.81. The second-order valence-electron chi connectivity index (χ2n) is 4.48. The van der Waals surface area contributed by atoms with Crippen molar-refractivity contribution in [3.8, 4) is 0 Å². The quantitative estimate of drug-likeness (QED) is 0.823. The molecule has 0 radical (unpaired) electrons. The van der Waals surface area contributed by atoms with Gasteiger partial charge in [-0.3, -0.25) is 0 Å². The van der Waals surface area contributed by atoms with Gasteiger partial charge in [0.05, 0.1) is 0 Å². The minimum atomic E-state index is 0.889. The number of hydrogen-bond donors (Lipinski definition) is 1. The van der Waals surface area contributed by atoms with E-state index in [1.165, 1.54) is 23.2 Å². The van der Waals surface area contributed by atoms with E-state index in [0.29, 0.717) is 0 Å². The number of anilines is 1. The summed E-state index contributed by atoms with van der Waals surface area (Å²) in [6.07, 6.45) is 5.54. The summed E-state index contributed by atoms with van der Waals surface area (Å²) < 4.78 is 2.24. The molecule has 0 atom stereocenters. The maximum atomic E-state index is 3.44. The van der Waals surface area contributed by atoms with E-state index in [2.05, 4.69) is 66.5 Å². The molecule has 90 valence electrons. The first-order chi connectivity index (χ1) is 8.28. The number of nitrogens with one attached hydrogen (secondary N) is 1. The van der Waals surface area contributed by atoms with Crippen LogP contribution >= 0.6 is 0 Å². The molecule has 0 fully saturated rings. The molecular weight excluding hydrogens is 208 g/mol. The Morgan fingerprint density at radius 3 is 2.88 bits per heavy atom. The van der Waals surface area contributed by atoms with Crippen LogP contribution in [0.2, 0.25) is 0 Å². The van der Waals surface area contributed by atoms with Crippen LogP contribution in [0.25, 0.3) is 0 Å². The molecule has 2 nitrogen and oxygen atoms in total. The van der Waals surface area contributed by atoms with Gasteiger partial charge in [-0.15, -0.1) is 0 Å². The molecule has 0 aliphatic carbocycles. The summed E-state index contributed by atoms with van der Waals surface area (Å²) >= 11 is 0. The van der Waals surface area contributed by atoms with E-state index in [0.717, 1.165) is 13.1 Å². The summed E-state index contributed by atoms with van der Waals surface area (Å²) in [5.74, 6) is 0. The summed E-state index contributed by atoms with van der Waals surface area (Å²) in [6, 6.07) is 10.7. The number of hydrogen-bond acceptors (Lipinski definition) is 1. The molecule has 1 aromatic heterocycles. The highest BCUT2D eigenvalue weighted by molar-refractivity contribution is 5.45. The number of aromatic nitrogens is 1. The van der Waals surface area contributed by atoms with Crippen molar-refractivity contribution in [2.24, 2.45) is 0 Å². The summed E-state index contributed by atoms with van der Waals surface area (Å²) in [4.78, 5) is 0. The Labute approximate surface area is 103 Å². The molecule has 1 aromatic carbocycles. The van der Waals surface area contributed by atoms with Crippen molar-refractivity contribution in [1.29, 1.82) is 0 Å². The number of aryl methyl sites for hydroxylation is 2. The van der Waals surface area contributed by atoms with Crippen molar-refractivity contribution in [2.75, 3.05) is 5.32 Å². The van der Waals surface area contributed by atoms with Gasteiger partial charge in [-0.2, -0.15) is 0 Å². The highest BCUT2D eigenvalue weighted by Crippen LogP contribution is 2.11. The lowest BCUT2D eigenvalue weighted by Gasteiger charge is -2.05. The molecule has 0 saturated carbocycles. The first-order valence-corrected chi connectivity index (χ1v) is 6.23. The molecule has 0 aliphatic heterocycles. The van der Waals surface area contributed by atoms with E-state index in [1.54, 1.807) is 0 Å². The Hall–Kier alpha value is -1.70. The molecule has 0 amide bonds. The smallest absolute Gasteiger partial charge is 0.0415 e.